The average Bonchev–Trinajstić information content (AvgIpc) is 3.26. The van der Waals surface area contributed by atoms with Crippen molar-refractivity contribution in [2.45, 2.75) is 13.5 Å². The van der Waals surface area contributed by atoms with Gasteiger partial charge in [0.1, 0.15) is 5.75 Å². The Kier molecular flexibility index (Phi) is 6.03. The van der Waals surface area contributed by atoms with Crippen LogP contribution in [-0.4, -0.2) is 24.6 Å². The predicted octanol–water partition coefficient (Wildman–Crippen LogP) is 3.52. The molecule has 0 aromatic heterocycles. The number of fused-ring (bicyclic) bond motifs is 1. The molecule has 2 amide bonds. The predicted molar refractivity (Wildman–Crippen MR) is 116 cm³/mol. The minimum atomic E-state index is -0.467. The van der Waals surface area contributed by atoms with E-state index in [0.29, 0.717) is 28.3 Å². The quantitative estimate of drug-likeness (QED) is 0.456. The third-order valence-corrected chi connectivity index (χ3v) is 4.70. The van der Waals surface area contributed by atoms with Crippen molar-refractivity contribution in [3.63, 3.8) is 0 Å². The van der Waals surface area contributed by atoms with Crippen LogP contribution in [0.2, 0.25) is 0 Å². The van der Waals surface area contributed by atoms with E-state index in [1.165, 1.54) is 13.0 Å². The van der Waals surface area contributed by atoms with E-state index < -0.39 is 5.97 Å². The molecule has 4 rings (SSSR count). The summed E-state index contributed by atoms with van der Waals surface area (Å²) in [5.41, 5.74) is 2.06. The van der Waals surface area contributed by atoms with E-state index in [1.54, 1.807) is 48.5 Å². The van der Waals surface area contributed by atoms with E-state index in [1.807, 2.05) is 12.1 Å². The summed E-state index contributed by atoms with van der Waals surface area (Å²) in [7, 11) is 0. The van der Waals surface area contributed by atoms with E-state index in [-0.39, 0.29) is 30.9 Å². The van der Waals surface area contributed by atoms with E-state index in [9.17, 15) is 14.4 Å². The molecular weight excluding hydrogens is 412 g/mol. The second-order valence-corrected chi connectivity index (χ2v) is 6.98. The molecule has 1 heterocycles. The molecule has 0 radical (unpaired) electrons. The number of ether oxygens (including phenoxy) is 3. The van der Waals surface area contributed by atoms with Crippen LogP contribution in [0.1, 0.15) is 33.2 Å². The summed E-state index contributed by atoms with van der Waals surface area (Å²) in [6, 6.07) is 18.5. The SMILES string of the molecule is CC(=O)Oc1cccc(C(=O)Nc2ccccc2CNC(=O)c2ccc3c(c2)OCO3)c1. The molecule has 32 heavy (non-hydrogen) atoms. The van der Waals surface area contributed by atoms with Gasteiger partial charge in [-0.25, -0.2) is 0 Å². The van der Waals surface area contributed by atoms with Crippen molar-refractivity contribution in [1.29, 1.82) is 0 Å². The molecule has 162 valence electrons. The number of esters is 1. The van der Waals surface area contributed by atoms with Gasteiger partial charge in [0.15, 0.2) is 11.5 Å². The van der Waals surface area contributed by atoms with Crippen LogP contribution >= 0.6 is 0 Å². The Morgan fingerprint density at radius 2 is 1.66 bits per heavy atom. The monoisotopic (exact) mass is 432 g/mol. The maximum atomic E-state index is 12.7. The first-order chi connectivity index (χ1) is 15.5. The molecule has 2 N–H and O–H groups in total. The van der Waals surface area contributed by atoms with Gasteiger partial charge >= 0.3 is 5.97 Å². The molecule has 0 fully saturated rings. The first-order valence-electron chi connectivity index (χ1n) is 9.85. The highest BCUT2D eigenvalue weighted by Crippen LogP contribution is 2.32. The Morgan fingerprint density at radius 1 is 0.875 bits per heavy atom. The lowest BCUT2D eigenvalue weighted by Gasteiger charge is -2.13. The van der Waals surface area contributed by atoms with Crippen LogP contribution in [-0.2, 0) is 11.3 Å². The fraction of sp³-hybridized carbons (Fsp3) is 0.125. The van der Waals surface area contributed by atoms with Crippen LogP contribution < -0.4 is 24.8 Å². The van der Waals surface area contributed by atoms with Crippen LogP contribution in [0, 0.1) is 0 Å². The Bertz CT molecular complexity index is 1190. The summed E-state index contributed by atoms with van der Waals surface area (Å²) >= 11 is 0. The third-order valence-electron chi connectivity index (χ3n) is 4.70. The number of carbonyl (C=O) groups excluding carboxylic acids is 3. The number of anilines is 1. The van der Waals surface area contributed by atoms with Crippen molar-refractivity contribution < 1.29 is 28.6 Å². The maximum absolute atomic E-state index is 12.7. The van der Waals surface area contributed by atoms with Gasteiger partial charge in [0.25, 0.3) is 11.8 Å². The molecule has 1 aliphatic rings. The van der Waals surface area contributed by atoms with Gasteiger partial charge in [-0.3, -0.25) is 14.4 Å². The molecule has 8 heteroatoms. The molecule has 0 aliphatic carbocycles. The molecule has 0 atom stereocenters. The lowest BCUT2D eigenvalue weighted by Crippen LogP contribution is -2.24. The number of hydrogen-bond acceptors (Lipinski definition) is 6. The Labute approximate surface area is 184 Å². The van der Waals surface area contributed by atoms with Gasteiger partial charge in [0, 0.05) is 30.3 Å². The highest BCUT2D eigenvalue weighted by Gasteiger charge is 2.17. The number of nitrogens with one attached hydrogen (secondary N) is 2. The molecule has 0 saturated heterocycles. The molecule has 0 saturated carbocycles. The summed E-state index contributed by atoms with van der Waals surface area (Å²) in [6.07, 6.45) is 0. The topological polar surface area (TPSA) is 103 Å². The fourth-order valence-corrected chi connectivity index (χ4v) is 3.17. The van der Waals surface area contributed by atoms with Gasteiger partial charge in [-0.05, 0) is 48.0 Å². The first-order valence-corrected chi connectivity index (χ1v) is 9.85. The van der Waals surface area contributed by atoms with E-state index in [4.69, 9.17) is 14.2 Å². The smallest absolute Gasteiger partial charge is 0.308 e. The van der Waals surface area contributed by atoms with Gasteiger partial charge in [0.2, 0.25) is 6.79 Å². The van der Waals surface area contributed by atoms with Crippen molar-refractivity contribution in [3.8, 4) is 17.2 Å². The number of rotatable bonds is 6. The van der Waals surface area contributed by atoms with Crippen LogP contribution in [0.15, 0.2) is 66.7 Å². The second kappa shape index (κ2) is 9.22. The fourth-order valence-electron chi connectivity index (χ4n) is 3.17. The van der Waals surface area contributed by atoms with Crippen LogP contribution in [0.3, 0.4) is 0 Å². The minimum Gasteiger partial charge on any atom is -0.454 e. The van der Waals surface area contributed by atoms with Crippen molar-refractivity contribution in [1.82, 2.24) is 5.32 Å². The molecular formula is C24H20N2O6. The molecule has 3 aromatic carbocycles. The molecule has 1 aliphatic heterocycles. The average molecular weight is 432 g/mol. The van der Waals surface area contributed by atoms with E-state index in [0.717, 1.165) is 5.56 Å². The zero-order chi connectivity index (χ0) is 22.5. The third kappa shape index (κ3) is 4.86. The number of carbonyl (C=O) groups is 3. The van der Waals surface area contributed by atoms with Crippen LogP contribution in [0.4, 0.5) is 5.69 Å². The van der Waals surface area contributed by atoms with Gasteiger partial charge < -0.3 is 24.8 Å². The zero-order valence-corrected chi connectivity index (χ0v) is 17.2. The van der Waals surface area contributed by atoms with Gasteiger partial charge in [-0.15, -0.1) is 0 Å². The Balaban J connectivity index is 1.43. The Hall–Kier alpha value is -4.33. The minimum absolute atomic E-state index is 0.136. The van der Waals surface area contributed by atoms with Crippen molar-refractivity contribution in [3.05, 3.63) is 83.4 Å². The molecule has 0 spiro atoms. The highest BCUT2D eigenvalue weighted by atomic mass is 16.7. The molecule has 0 unspecified atom stereocenters. The van der Waals surface area contributed by atoms with Gasteiger partial charge in [-0.2, -0.15) is 0 Å². The van der Waals surface area contributed by atoms with E-state index in [2.05, 4.69) is 10.6 Å². The van der Waals surface area contributed by atoms with Crippen molar-refractivity contribution in [2.24, 2.45) is 0 Å². The summed E-state index contributed by atoms with van der Waals surface area (Å²) in [5, 5.41) is 5.68. The maximum Gasteiger partial charge on any atom is 0.308 e. The van der Waals surface area contributed by atoms with Crippen LogP contribution in [0.25, 0.3) is 0 Å². The lowest BCUT2D eigenvalue weighted by molar-refractivity contribution is -0.131. The highest BCUT2D eigenvalue weighted by molar-refractivity contribution is 6.05. The number of benzene rings is 3. The number of hydrogen-bond donors (Lipinski definition) is 2. The molecule has 3 aromatic rings. The summed E-state index contributed by atoms with van der Waals surface area (Å²) < 4.78 is 15.6. The lowest BCUT2D eigenvalue weighted by atomic mass is 10.1. The van der Waals surface area contributed by atoms with Crippen molar-refractivity contribution in [2.75, 3.05) is 12.1 Å². The summed E-state index contributed by atoms with van der Waals surface area (Å²) in [6.45, 7) is 1.63. The summed E-state index contributed by atoms with van der Waals surface area (Å²) in [5.74, 6) is 0.307. The largest absolute Gasteiger partial charge is 0.454 e. The van der Waals surface area contributed by atoms with Gasteiger partial charge in [0.05, 0.1) is 0 Å². The molecule has 8 nitrogen and oxygen atoms in total. The summed E-state index contributed by atoms with van der Waals surface area (Å²) in [4.78, 5) is 36.4. The standard InChI is InChI=1S/C24H20N2O6/c1-15(27)32-19-7-4-6-16(11-19)24(29)26-20-8-3-2-5-18(20)13-25-23(28)17-9-10-21-22(12-17)31-14-30-21/h2-12H,13-14H2,1H3,(H,25,28)(H,26,29). The second-order valence-electron chi connectivity index (χ2n) is 6.98. The van der Waals surface area contributed by atoms with Crippen molar-refractivity contribution >= 4 is 23.5 Å². The van der Waals surface area contributed by atoms with Gasteiger partial charge in [-0.1, -0.05) is 24.3 Å². The normalized spacial score (nSPS) is 11.5. The number of para-hydroxylation sites is 1. The first kappa shape index (κ1) is 20.9. The zero-order valence-electron chi connectivity index (χ0n) is 17.2. The van der Waals surface area contributed by atoms with E-state index >= 15 is 0 Å². The molecule has 0 bridgehead atoms. The number of amides is 2. The van der Waals surface area contributed by atoms with Crippen LogP contribution in [0.5, 0.6) is 17.2 Å². The Morgan fingerprint density at radius 3 is 2.50 bits per heavy atom.